The zero-order chi connectivity index (χ0) is 19.2. The van der Waals surface area contributed by atoms with Crippen molar-refractivity contribution in [3.63, 3.8) is 0 Å². The van der Waals surface area contributed by atoms with Crippen molar-refractivity contribution in [3.05, 3.63) is 59.1 Å². The van der Waals surface area contributed by atoms with E-state index in [-0.39, 0.29) is 12.3 Å². The molecule has 0 aromatic heterocycles. The summed E-state index contributed by atoms with van der Waals surface area (Å²) in [6.45, 7) is 3.31. The number of halogens is 1. The summed E-state index contributed by atoms with van der Waals surface area (Å²) in [5.41, 5.74) is 1.60. The smallest absolute Gasteiger partial charge is 0.182 e. The number of amidine groups is 1. The van der Waals surface area contributed by atoms with E-state index in [0.717, 1.165) is 43.1 Å². The van der Waals surface area contributed by atoms with Gasteiger partial charge < -0.3 is 9.64 Å². The monoisotopic (exact) mass is 384 g/mol. The molecule has 0 amide bonds. The summed E-state index contributed by atoms with van der Waals surface area (Å²) in [7, 11) is 1.62. The van der Waals surface area contributed by atoms with E-state index in [4.69, 9.17) is 21.3 Å². The number of carbonyl (C=O) groups is 1. The van der Waals surface area contributed by atoms with Crippen LogP contribution in [0.1, 0.15) is 36.5 Å². The second kappa shape index (κ2) is 9.05. The van der Waals surface area contributed by atoms with E-state index in [1.165, 1.54) is 0 Å². The Morgan fingerprint density at radius 3 is 2.52 bits per heavy atom. The van der Waals surface area contributed by atoms with Gasteiger partial charge in [0.15, 0.2) is 5.78 Å². The van der Waals surface area contributed by atoms with Gasteiger partial charge in [-0.1, -0.05) is 18.5 Å². The molecule has 0 spiro atoms. The van der Waals surface area contributed by atoms with Gasteiger partial charge in [0, 0.05) is 29.2 Å². The number of carbonyl (C=O) groups excluding carboxylic acids is 1. The fourth-order valence-electron chi connectivity index (χ4n) is 3.20. The second-order valence-corrected chi connectivity index (χ2v) is 7.38. The molecule has 4 nitrogen and oxygen atoms in total. The maximum absolute atomic E-state index is 12.9. The van der Waals surface area contributed by atoms with Crippen molar-refractivity contribution < 1.29 is 9.53 Å². The lowest BCUT2D eigenvalue weighted by Crippen LogP contribution is -2.36. The first-order valence-corrected chi connectivity index (χ1v) is 9.68. The molecule has 5 heteroatoms. The molecule has 2 aromatic carbocycles. The van der Waals surface area contributed by atoms with Gasteiger partial charge in [-0.15, -0.1) is 0 Å². The summed E-state index contributed by atoms with van der Waals surface area (Å²) in [6.07, 6.45) is 3.05. The largest absolute Gasteiger partial charge is 0.497 e. The topological polar surface area (TPSA) is 41.9 Å². The maximum atomic E-state index is 12.9. The number of ether oxygens (including phenoxy) is 1. The summed E-state index contributed by atoms with van der Waals surface area (Å²) in [5, 5.41) is 0.677. The molecule has 1 aliphatic heterocycles. The molecule has 0 aliphatic carbocycles. The number of anilines is 1. The third-order valence-corrected chi connectivity index (χ3v) is 5.19. The molecular weight excluding hydrogens is 360 g/mol. The van der Waals surface area contributed by atoms with Gasteiger partial charge in [0.2, 0.25) is 0 Å². The number of aliphatic imine (C=N–C) groups is 1. The van der Waals surface area contributed by atoms with Gasteiger partial charge in [-0.25, -0.2) is 0 Å². The molecular formula is C22H25ClN2O2. The van der Waals surface area contributed by atoms with Gasteiger partial charge in [0.1, 0.15) is 11.6 Å². The predicted molar refractivity (Wildman–Crippen MR) is 111 cm³/mol. The second-order valence-electron chi connectivity index (χ2n) is 6.94. The van der Waals surface area contributed by atoms with Crippen LogP contribution in [0.4, 0.5) is 5.69 Å². The molecule has 0 fully saturated rings. The summed E-state index contributed by atoms with van der Waals surface area (Å²) < 4.78 is 5.18. The van der Waals surface area contributed by atoms with Crippen LogP contribution in [0.3, 0.4) is 0 Å². The zero-order valence-electron chi connectivity index (χ0n) is 15.8. The van der Waals surface area contributed by atoms with Gasteiger partial charge in [0.25, 0.3) is 0 Å². The van der Waals surface area contributed by atoms with Crippen molar-refractivity contribution in [2.75, 3.05) is 25.1 Å². The maximum Gasteiger partial charge on any atom is 0.182 e. The van der Waals surface area contributed by atoms with Crippen LogP contribution < -0.4 is 9.64 Å². The Labute approximate surface area is 165 Å². The Bertz CT molecular complexity index is 800. The number of nitrogens with zero attached hydrogens (tertiary/aromatic N) is 2. The van der Waals surface area contributed by atoms with Crippen LogP contribution in [0.25, 0.3) is 0 Å². The molecule has 0 saturated heterocycles. The van der Waals surface area contributed by atoms with Crippen LogP contribution in [-0.2, 0) is 0 Å². The first-order chi connectivity index (χ1) is 13.1. The number of benzene rings is 2. The first-order valence-electron chi connectivity index (χ1n) is 9.30. The molecule has 0 radical (unpaired) electrons. The predicted octanol–water partition coefficient (Wildman–Crippen LogP) is 5.26. The molecule has 1 atom stereocenters. The van der Waals surface area contributed by atoms with Crippen LogP contribution in [0.15, 0.2) is 53.5 Å². The van der Waals surface area contributed by atoms with Gasteiger partial charge in [-0.3, -0.25) is 9.79 Å². The molecule has 142 valence electrons. The number of rotatable bonds is 5. The molecule has 2 aromatic rings. The Hall–Kier alpha value is -2.33. The highest BCUT2D eigenvalue weighted by Crippen LogP contribution is 2.24. The number of methoxy groups -OCH3 is 1. The van der Waals surface area contributed by atoms with Crippen molar-refractivity contribution >= 4 is 28.9 Å². The van der Waals surface area contributed by atoms with Crippen LogP contribution in [-0.4, -0.2) is 31.8 Å². The van der Waals surface area contributed by atoms with E-state index in [2.05, 4.69) is 6.92 Å². The number of Topliss-reactive ketones (excluding diaryl/α,β-unsaturated/α-hetero) is 1. The molecule has 0 unspecified atom stereocenters. The quantitative estimate of drug-likeness (QED) is 0.660. The summed E-state index contributed by atoms with van der Waals surface area (Å²) in [5.74, 6) is 2.41. The Kier molecular flexibility index (Phi) is 6.51. The molecule has 27 heavy (non-hydrogen) atoms. The van der Waals surface area contributed by atoms with Gasteiger partial charge in [-0.2, -0.15) is 0 Å². The molecule has 0 saturated carbocycles. The average Bonchev–Trinajstić information content (AvgIpc) is 2.91. The Morgan fingerprint density at radius 2 is 1.85 bits per heavy atom. The van der Waals surface area contributed by atoms with E-state index in [9.17, 15) is 4.79 Å². The van der Waals surface area contributed by atoms with E-state index in [1.807, 2.05) is 41.3 Å². The standard InChI is InChI=1S/C22H25ClN2O2/c1-16-3-12-22(24-14-13-16)25(19-8-6-18(23)7-9-19)15-21(26)17-4-10-20(27-2)11-5-17/h4-11,16H,3,12-15H2,1-2H3/t16-/m1/s1. The molecule has 1 aliphatic rings. The van der Waals surface area contributed by atoms with Crippen molar-refractivity contribution in [2.45, 2.75) is 26.2 Å². The zero-order valence-corrected chi connectivity index (χ0v) is 16.6. The van der Waals surface area contributed by atoms with Gasteiger partial charge in [-0.05, 0) is 67.3 Å². The van der Waals surface area contributed by atoms with Crippen molar-refractivity contribution in [2.24, 2.45) is 10.9 Å². The first kappa shape index (κ1) is 19.4. The minimum atomic E-state index is 0.0487. The highest BCUT2D eigenvalue weighted by molar-refractivity contribution is 6.30. The summed E-state index contributed by atoms with van der Waals surface area (Å²) in [6, 6.07) is 14.8. The van der Waals surface area contributed by atoms with E-state index < -0.39 is 0 Å². The Morgan fingerprint density at radius 1 is 1.15 bits per heavy atom. The summed E-state index contributed by atoms with van der Waals surface area (Å²) in [4.78, 5) is 19.7. The van der Waals surface area contributed by atoms with E-state index in [0.29, 0.717) is 16.5 Å². The van der Waals surface area contributed by atoms with Crippen molar-refractivity contribution in [1.82, 2.24) is 0 Å². The fourth-order valence-corrected chi connectivity index (χ4v) is 3.32. The average molecular weight is 385 g/mol. The number of ketones is 1. The fraction of sp³-hybridized carbons (Fsp3) is 0.364. The highest BCUT2D eigenvalue weighted by Gasteiger charge is 2.21. The van der Waals surface area contributed by atoms with E-state index in [1.54, 1.807) is 19.2 Å². The lowest BCUT2D eigenvalue weighted by atomic mass is 10.0. The number of hydrogen-bond donors (Lipinski definition) is 0. The van der Waals surface area contributed by atoms with Crippen LogP contribution in [0.5, 0.6) is 5.75 Å². The van der Waals surface area contributed by atoms with Crippen molar-refractivity contribution in [1.29, 1.82) is 0 Å². The van der Waals surface area contributed by atoms with Crippen LogP contribution >= 0.6 is 11.6 Å². The highest BCUT2D eigenvalue weighted by atomic mass is 35.5. The molecule has 0 bridgehead atoms. The lowest BCUT2D eigenvalue weighted by molar-refractivity contribution is 0.100. The molecule has 0 N–H and O–H groups in total. The minimum Gasteiger partial charge on any atom is -0.497 e. The Balaban J connectivity index is 1.85. The van der Waals surface area contributed by atoms with Crippen LogP contribution in [0.2, 0.25) is 5.02 Å². The van der Waals surface area contributed by atoms with Crippen LogP contribution in [0, 0.1) is 5.92 Å². The third-order valence-electron chi connectivity index (χ3n) is 4.94. The normalized spacial score (nSPS) is 17.0. The molecule has 1 heterocycles. The third kappa shape index (κ3) is 5.10. The van der Waals surface area contributed by atoms with Gasteiger partial charge in [0.05, 0.1) is 13.7 Å². The lowest BCUT2D eigenvalue weighted by Gasteiger charge is -2.26. The minimum absolute atomic E-state index is 0.0487. The number of hydrogen-bond acceptors (Lipinski definition) is 4. The molecule has 3 rings (SSSR count). The SMILES string of the molecule is COc1ccc(C(=O)CN(C2=NCC[C@H](C)CC2)c2ccc(Cl)cc2)cc1. The van der Waals surface area contributed by atoms with Crippen molar-refractivity contribution in [3.8, 4) is 5.75 Å². The van der Waals surface area contributed by atoms with Gasteiger partial charge >= 0.3 is 0 Å². The van der Waals surface area contributed by atoms with E-state index >= 15 is 0 Å². The summed E-state index contributed by atoms with van der Waals surface area (Å²) >= 11 is 6.05.